The van der Waals surface area contributed by atoms with E-state index < -0.39 is 0 Å². The third-order valence-electron chi connectivity index (χ3n) is 3.12. The zero-order valence-corrected chi connectivity index (χ0v) is 12.7. The topological polar surface area (TPSA) is 30.5 Å². The van der Waals surface area contributed by atoms with E-state index in [0.717, 1.165) is 24.6 Å². The number of benzene rings is 2. The van der Waals surface area contributed by atoms with Crippen LogP contribution in [0.5, 0.6) is 11.5 Å². The van der Waals surface area contributed by atoms with E-state index in [0.29, 0.717) is 12.7 Å². The van der Waals surface area contributed by atoms with Gasteiger partial charge in [0.05, 0.1) is 0 Å². The molecule has 2 aromatic carbocycles. The Hall–Kier alpha value is -2.00. The Morgan fingerprint density at radius 1 is 0.905 bits per heavy atom. The van der Waals surface area contributed by atoms with Gasteiger partial charge in [0, 0.05) is 13.1 Å². The van der Waals surface area contributed by atoms with E-state index in [1.807, 2.05) is 56.3 Å². The summed E-state index contributed by atoms with van der Waals surface area (Å²) >= 11 is 0. The van der Waals surface area contributed by atoms with Gasteiger partial charge < -0.3 is 14.8 Å². The van der Waals surface area contributed by atoms with Crippen LogP contribution in [-0.2, 0) is 6.61 Å². The van der Waals surface area contributed by atoms with Crippen molar-refractivity contribution in [1.82, 2.24) is 5.32 Å². The molecule has 0 radical (unpaired) electrons. The number of rotatable bonds is 5. The van der Waals surface area contributed by atoms with Crippen LogP contribution in [-0.4, -0.2) is 19.2 Å². The van der Waals surface area contributed by atoms with Crippen LogP contribution >= 0.6 is 0 Å². The van der Waals surface area contributed by atoms with Gasteiger partial charge in [-0.1, -0.05) is 44.2 Å². The van der Waals surface area contributed by atoms with Crippen molar-refractivity contribution < 1.29 is 9.47 Å². The van der Waals surface area contributed by atoms with E-state index in [1.165, 1.54) is 5.56 Å². The van der Waals surface area contributed by atoms with Crippen molar-refractivity contribution in [3.8, 4) is 11.5 Å². The molecule has 1 aliphatic rings. The lowest BCUT2D eigenvalue weighted by molar-refractivity contribution is 0.142. The molecule has 3 heteroatoms. The van der Waals surface area contributed by atoms with Gasteiger partial charge in [-0.25, -0.2) is 0 Å². The number of hydrogen-bond acceptors (Lipinski definition) is 3. The minimum atomic E-state index is 0.316. The van der Waals surface area contributed by atoms with Crippen LogP contribution in [0.3, 0.4) is 0 Å². The summed E-state index contributed by atoms with van der Waals surface area (Å²) in [6.45, 7) is 6.46. The molecule has 0 aliphatic carbocycles. The summed E-state index contributed by atoms with van der Waals surface area (Å²) in [7, 11) is 0. The highest BCUT2D eigenvalue weighted by Gasteiger charge is 2.17. The van der Waals surface area contributed by atoms with Gasteiger partial charge in [0.25, 0.3) is 0 Å². The van der Waals surface area contributed by atoms with E-state index in [2.05, 4.69) is 17.4 Å². The molecule has 0 atom stereocenters. The quantitative estimate of drug-likeness (QED) is 0.909. The van der Waals surface area contributed by atoms with E-state index in [9.17, 15) is 0 Å². The molecule has 112 valence electrons. The third kappa shape index (κ3) is 4.80. The van der Waals surface area contributed by atoms with Gasteiger partial charge >= 0.3 is 0 Å². The van der Waals surface area contributed by atoms with Crippen molar-refractivity contribution >= 4 is 0 Å². The smallest absolute Gasteiger partial charge is 0.123 e. The Morgan fingerprint density at radius 2 is 1.52 bits per heavy atom. The van der Waals surface area contributed by atoms with Gasteiger partial charge in [0.2, 0.25) is 0 Å². The second-order valence-electron chi connectivity index (χ2n) is 4.64. The van der Waals surface area contributed by atoms with Crippen LogP contribution in [0.2, 0.25) is 0 Å². The molecule has 0 bridgehead atoms. The molecule has 1 saturated heterocycles. The van der Waals surface area contributed by atoms with E-state index >= 15 is 0 Å². The maximum absolute atomic E-state index is 5.75. The summed E-state index contributed by atoms with van der Waals surface area (Å²) in [5, 5.41) is 3.18. The molecule has 3 rings (SSSR count). The maximum Gasteiger partial charge on any atom is 0.123 e. The van der Waals surface area contributed by atoms with E-state index in [4.69, 9.17) is 9.47 Å². The molecule has 1 heterocycles. The summed E-state index contributed by atoms with van der Waals surface area (Å²) < 4.78 is 11.5. The average molecular weight is 285 g/mol. The standard InChI is InChI=1S/C16H17NO2.C2H6/c1-2-4-13(5-3-1)12-18-14-6-8-15(9-7-14)19-16-10-17-11-16;1-2/h1-9,16-17H,10-12H2;1-2H3. The summed E-state index contributed by atoms with van der Waals surface area (Å²) in [6, 6.07) is 18.0. The highest BCUT2D eigenvalue weighted by molar-refractivity contribution is 5.31. The molecular formula is C18H23NO2. The first-order valence-electron chi connectivity index (χ1n) is 7.54. The van der Waals surface area contributed by atoms with Crippen molar-refractivity contribution in [3.63, 3.8) is 0 Å². The van der Waals surface area contributed by atoms with E-state index in [-0.39, 0.29) is 0 Å². The van der Waals surface area contributed by atoms with E-state index in [1.54, 1.807) is 0 Å². The van der Waals surface area contributed by atoms with Crippen LogP contribution in [0.15, 0.2) is 54.6 Å². The van der Waals surface area contributed by atoms with Crippen molar-refractivity contribution in [2.75, 3.05) is 13.1 Å². The largest absolute Gasteiger partial charge is 0.489 e. The Morgan fingerprint density at radius 3 is 2.10 bits per heavy atom. The summed E-state index contributed by atoms with van der Waals surface area (Å²) in [5.74, 6) is 1.77. The maximum atomic E-state index is 5.75. The van der Waals surface area contributed by atoms with Crippen molar-refractivity contribution in [1.29, 1.82) is 0 Å². The van der Waals surface area contributed by atoms with Gasteiger partial charge in [-0.05, 0) is 29.8 Å². The Bertz CT molecular complexity index is 507. The molecule has 2 aromatic rings. The van der Waals surface area contributed by atoms with Gasteiger partial charge in [0.1, 0.15) is 24.2 Å². The normalized spacial score (nSPS) is 13.6. The fourth-order valence-corrected chi connectivity index (χ4v) is 1.89. The highest BCUT2D eigenvalue weighted by Crippen LogP contribution is 2.20. The third-order valence-corrected chi connectivity index (χ3v) is 3.12. The first-order valence-corrected chi connectivity index (χ1v) is 7.54. The fourth-order valence-electron chi connectivity index (χ4n) is 1.89. The molecule has 21 heavy (non-hydrogen) atoms. The molecule has 0 unspecified atom stereocenters. The van der Waals surface area contributed by atoms with Crippen LogP contribution in [0.1, 0.15) is 19.4 Å². The second-order valence-corrected chi connectivity index (χ2v) is 4.64. The van der Waals surface area contributed by atoms with Gasteiger partial charge in [0.15, 0.2) is 0 Å². The van der Waals surface area contributed by atoms with Gasteiger partial charge in [-0.3, -0.25) is 0 Å². The minimum absolute atomic E-state index is 0.316. The summed E-state index contributed by atoms with van der Waals surface area (Å²) in [5.41, 5.74) is 1.17. The van der Waals surface area contributed by atoms with Crippen LogP contribution in [0.25, 0.3) is 0 Å². The second kappa shape index (κ2) is 8.32. The first kappa shape index (κ1) is 15.4. The molecular weight excluding hydrogens is 262 g/mol. The molecule has 3 nitrogen and oxygen atoms in total. The molecule has 1 N–H and O–H groups in total. The molecule has 0 amide bonds. The van der Waals surface area contributed by atoms with Crippen molar-refractivity contribution in [3.05, 3.63) is 60.2 Å². The van der Waals surface area contributed by atoms with Crippen LogP contribution in [0.4, 0.5) is 0 Å². The van der Waals surface area contributed by atoms with Crippen molar-refractivity contribution in [2.24, 2.45) is 0 Å². The molecule has 1 fully saturated rings. The molecule has 0 aromatic heterocycles. The molecule has 0 spiro atoms. The number of ether oxygens (including phenoxy) is 2. The zero-order valence-electron chi connectivity index (χ0n) is 12.7. The first-order chi connectivity index (χ1) is 10.4. The summed E-state index contributed by atoms with van der Waals surface area (Å²) in [4.78, 5) is 0. The zero-order chi connectivity index (χ0) is 14.9. The predicted octanol–water partition coefficient (Wildman–Crippen LogP) is 3.64. The monoisotopic (exact) mass is 285 g/mol. The Kier molecular flexibility index (Phi) is 6.10. The minimum Gasteiger partial charge on any atom is -0.489 e. The Balaban J connectivity index is 0.000000774. The van der Waals surface area contributed by atoms with Gasteiger partial charge in [-0.2, -0.15) is 0 Å². The van der Waals surface area contributed by atoms with Crippen LogP contribution in [0, 0.1) is 0 Å². The number of nitrogens with one attached hydrogen (secondary N) is 1. The van der Waals surface area contributed by atoms with Crippen molar-refractivity contribution in [2.45, 2.75) is 26.6 Å². The predicted molar refractivity (Wildman–Crippen MR) is 85.8 cm³/mol. The van der Waals surface area contributed by atoms with Crippen LogP contribution < -0.4 is 14.8 Å². The lowest BCUT2D eigenvalue weighted by Crippen LogP contribution is -2.50. The summed E-state index contributed by atoms with van der Waals surface area (Å²) in [6.07, 6.45) is 0.316. The lowest BCUT2D eigenvalue weighted by atomic mass is 10.2. The molecule has 0 saturated carbocycles. The SMILES string of the molecule is CC.c1ccc(COc2ccc(OC3CNC3)cc2)cc1. The highest BCUT2D eigenvalue weighted by atomic mass is 16.5. The number of hydrogen-bond donors (Lipinski definition) is 1. The average Bonchev–Trinajstić information content (AvgIpc) is 2.53. The Labute approximate surface area is 126 Å². The fraction of sp³-hybridized carbons (Fsp3) is 0.333. The lowest BCUT2D eigenvalue weighted by Gasteiger charge is -2.27. The van der Waals surface area contributed by atoms with Gasteiger partial charge in [-0.15, -0.1) is 0 Å². The molecule has 1 aliphatic heterocycles.